The number of aryl methyl sites for hydroxylation is 1. The molecule has 0 saturated carbocycles. The Morgan fingerprint density at radius 2 is 1.62 bits per heavy atom. The van der Waals surface area contributed by atoms with Gasteiger partial charge in [-0.05, 0) is 82.8 Å². The average molecular weight is 531 g/mol. The van der Waals surface area contributed by atoms with Gasteiger partial charge in [0, 0.05) is 15.7 Å². The topological polar surface area (TPSA) is 55.8 Å². The molecule has 0 amide bonds. The van der Waals surface area contributed by atoms with Gasteiger partial charge in [-0.3, -0.25) is 0 Å². The highest BCUT2D eigenvalue weighted by Gasteiger charge is 2.08. The second-order valence-corrected chi connectivity index (χ2v) is 9.88. The number of ether oxygens (including phenoxy) is 2. The minimum atomic E-state index is -0.991. The molecule has 0 fully saturated rings. The minimum absolute atomic E-state index is 0.350. The molecule has 4 nitrogen and oxygen atoms in total. The number of benzene rings is 4. The first-order valence-corrected chi connectivity index (χ1v) is 13.1. The normalized spacial score (nSPS) is 11.3. The zero-order valence-electron chi connectivity index (χ0n) is 20.6. The highest BCUT2D eigenvalue weighted by molar-refractivity contribution is 7.99. The summed E-state index contributed by atoms with van der Waals surface area (Å²) in [5.74, 6) is 1.18. The highest BCUT2D eigenvalue weighted by Crippen LogP contribution is 2.31. The lowest BCUT2D eigenvalue weighted by atomic mass is 9.95. The third kappa shape index (κ3) is 7.19. The number of halogens is 1. The molecule has 0 bridgehead atoms. The molecule has 0 aliphatic rings. The van der Waals surface area contributed by atoms with E-state index < -0.39 is 5.97 Å². The molecule has 0 heterocycles. The predicted molar refractivity (Wildman–Crippen MR) is 152 cm³/mol. The number of methoxy groups -OCH3 is 1. The van der Waals surface area contributed by atoms with Crippen molar-refractivity contribution in [2.24, 2.45) is 0 Å². The first-order valence-electron chi connectivity index (χ1n) is 11.7. The Labute approximate surface area is 226 Å². The highest BCUT2D eigenvalue weighted by atomic mass is 35.5. The van der Waals surface area contributed by atoms with Crippen LogP contribution in [0.2, 0.25) is 5.02 Å². The van der Waals surface area contributed by atoms with Crippen LogP contribution in [0.4, 0.5) is 0 Å². The first kappa shape index (κ1) is 26.4. The molecule has 6 heteroatoms. The molecule has 0 aromatic heterocycles. The molecule has 0 radical (unpaired) electrons. The average Bonchev–Trinajstić information content (AvgIpc) is 2.91. The number of carboxylic acids is 1. The molecule has 4 aromatic carbocycles. The van der Waals surface area contributed by atoms with Crippen molar-refractivity contribution in [1.82, 2.24) is 0 Å². The van der Waals surface area contributed by atoms with Crippen LogP contribution < -0.4 is 9.47 Å². The van der Waals surface area contributed by atoms with Crippen molar-refractivity contribution in [2.45, 2.75) is 11.8 Å². The van der Waals surface area contributed by atoms with Gasteiger partial charge in [-0.25, -0.2) is 4.79 Å². The molecule has 0 saturated heterocycles. The number of carboxylic acid groups (broad SMARTS) is 1. The van der Waals surface area contributed by atoms with E-state index in [-0.39, 0.29) is 6.61 Å². The predicted octanol–water partition coefficient (Wildman–Crippen LogP) is 8.01. The van der Waals surface area contributed by atoms with Crippen molar-refractivity contribution in [3.63, 3.8) is 0 Å². The molecule has 0 aliphatic heterocycles. The molecule has 0 spiro atoms. The van der Waals surface area contributed by atoms with Gasteiger partial charge in [0.05, 0.1) is 7.11 Å². The fourth-order valence-electron chi connectivity index (χ4n) is 3.91. The van der Waals surface area contributed by atoms with E-state index in [1.165, 1.54) is 0 Å². The van der Waals surface area contributed by atoms with Gasteiger partial charge in [0.2, 0.25) is 0 Å². The number of thioether (sulfide) groups is 1. The van der Waals surface area contributed by atoms with Gasteiger partial charge >= 0.3 is 5.97 Å². The van der Waals surface area contributed by atoms with Gasteiger partial charge in [0.25, 0.3) is 0 Å². The molecule has 0 atom stereocenters. The van der Waals surface area contributed by atoms with Gasteiger partial charge in [-0.15, -0.1) is 11.8 Å². The summed E-state index contributed by atoms with van der Waals surface area (Å²) in [4.78, 5) is 11.9. The molecule has 1 N–H and O–H groups in total. The summed E-state index contributed by atoms with van der Waals surface area (Å²) in [5, 5.41) is 9.54. The summed E-state index contributed by atoms with van der Waals surface area (Å²) >= 11 is 7.86. The standard InChI is InChI=1S/C31H27ClO4S/c1-21-18-28(14-15-30(21)36-20-31(33)34)37-17-16-29(24-10-12-26(32)13-11-24)23-8-6-22(7-9-23)25-4-3-5-27(19-25)35-2/h3-16,18-19H,17,20H2,1-2H3,(H,33,34). The van der Waals surface area contributed by atoms with Gasteiger partial charge < -0.3 is 14.6 Å². The van der Waals surface area contributed by atoms with Crippen LogP contribution in [-0.2, 0) is 4.79 Å². The van der Waals surface area contributed by atoms with Crippen LogP contribution in [0.3, 0.4) is 0 Å². The number of hydrogen-bond acceptors (Lipinski definition) is 4. The van der Waals surface area contributed by atoms with Crippen molar-refractivity contribution in [3.8, 4) is 22.6 Å². The lowest BCUT2D eigenvalue weighted by Crippen LogP contribution is -2.09. The summed E-state index contributed by atoms with van der Waals surface area (Å²) in [6.07, 6.45) is 2.22. The zero-order valence-corrected chi connectivity index (χ0v) is 22.2. The van der Waals surface area contributed by atoms with E-state index in [1.807, 2.05) is 67.6 Å². The van der Waals surface area contributed by atoms with E-state index >= 15 is 0 Å². The van der Waals surface area contributed by atoms with Gasteiger partial charge in [-0.2, -0.15) is 0 Å². The molecule has 37 heavy (non-hydrogen) atoms. The lowest BCUT2D eigenvalue weighted by molar-refractivity contribution is -0.139. The van der Waals surface area contributed by atoms with E-state index in [9.17, 15) is 4.79 Å². The molecule has 188 valence electrons. The Balaban J connectivity index is 1.55. The van der Waals surface area contributed by atoms with Crippen LogP contribution in [-0.4, -0.2) is 30.5 Å². The van der Waals surface area contributed by atoms with Crippen LogP contribution in [0.1, 0.15) is 16.7 Å². The summed E-state index contributed by atoms with van der Waals surface area (Å²) in [5.41, 5.74) is 6.45. The second kappa shape index (κ2) is 12.5. The third-order valence-corrected chi connectivity index (χ3v) is 6.96. The maximum absolute atomic E-state index is 10.8. The van der Waals surface area contributed by atoms with Gasteiger partial charge in [0.1, 0.15) is 11.5 Å². The molecule has 0 unspecified atom stereocenters. The number of hydrogen-bond donors (Lipinski definition) is 1. The minimum Gasteiger partial charge on any atom is -0.497 e. The Bertz CT molecular complexity index is 1400. The first-order chi connectivity index (χ1) is 17.9. The summed E-state index contributed by atoms with van der Waals surface area (Å²) < 4.78 is 10.7. The fraction of sp³-hybridized carbons (Fsp3) is 0.129. The molecule has 0 aliphatic carbocycles. The lowest BCUT2D eigenvalue weighted by Gasteiger charge is -2.12. The number of aliphatic carboxylic acids is 1. The van der Waals surface area contributed by atoms with E-state index in [0.29, 0.717) is 10.8 Å². The van der Waals surface area contributed by atoms with Crippen LogP contribution in [0.25, 0.3) is 16.7 Å². The largest absolute Gasteiger partial charge is 0.497 e. The summed E-state index contributed by atoms with van der Waals surface area (Å²) in [6.45, 7) is 1.57. The summed E-state index contributed by atoms with van der Waals surface area (Å²) in [7, 11) is 1.67. The van der Waals surface area contributed by atoms with Gasteiger partial charge in [-0.1, -0.05) is 66.2 Å². The second-order valence-electron chi connectivity index (χ2n) is 8.35. The Morgan fingerprint density at radius 1 is 0.919 bits per heavy atom. The smallest absolute Gasteiger partial charge is 0.341 e. The zero-order chi connectivity index (χ0) is 26.2. The van der Waals surface area contributed by atoms with E-state index in [2.05, 4.69) is 36.4 Å². The maximum atomic E-state index is 10.8. The van der Waals surface area contributed by atoms with Crippen molar-refractivity contribution in [1.29, 1.82) is 0 Å². The Kier molecular flexibility index (Phi) is 8.94. The van der Waals surface area contributed by atoms with E-state index in [4.69, 9.17) is 26.2 Å². The summed E-state index contributed by atoms with van der Waals surface area (Å²) in [6, 6.07) is 30.2. The fourth-order valence-corrected chi connectivity index (χ4v) is 4.90. The van der Waals surface area contributed by atoms with Crippen LogP contribution >= 0.6 is 23.4 Å². The third-order valence-electron chi connectivity index (χ3n) is 5.79. The molecular formula is C31H27ClO4S. The number of carbonyl (C=O) groups is 1. The van der Waals surface area contributed by atoms with Crippen molar-refractivity contribution < 1.29 is 19.4 Å². The van der Waals surface area contributed by atoms with Crippen LogP contribution in [0.15, 0.2) is 102 Å². The van der Waals surface area contributed by atoms with Crippen LogP contribution in [0.5, 0.6) is 11.5 Å². The molecular weight excluding hydrogens is 504 g/mol. The van der Waals surface area contributed by atoms with E-state index in [0.717, 1.165) is 49.8 Å². The quantitative estimate of drug-likeness (QED) is 0.210. The monoisotopic (exact) mass is 530 g/mol. The van der Waals surface area contributed by atoms with Gasteiger partial charge in [0.15, 0.2) is 6.61 Å². The van der Waals surface area contributed by atoms with Crippen LogP contribution in [0, 0.1) is 6.92 Å². The Morgan fingerprint density at radius 3 is 2.27 bits per heavy atom. The number of rotatable bonds is 10. The maximum Gasteiger partial charge on any atom is 0.341 e. The van der Waals surface area contributed by atoms with Crippen molar-refractivity contribution in [3.05, 3.63) is 119 Å². The van der Waals surface area contributed by atoms with E-state index in [1.54, 1.807) is 18.9 Å². The Hall–Kier alpha value is -3.67. The molecule has 4 rings (SSSR count). The SMILES string of the molecule is COc1cccc(-c2ccc(C(=CCSc3ccc(OCC(=O)O)c(C)c3)c3ccc(Cl)cc3)cc2)c1. The van der Waals surface area contributed by atoms with Crippen molar-refractivity contribution >= 4 is 34.9 Å². The van der Waals surface area contributed by atoms with Crippen molar-refractivity contribution in [2.75, 3.05) is 19.5 Å². The molecule has 4 aromatic rings.